The zero-order chi connectivity index (χ0) is 17.0. The van der Waals surface area contributed by atoms with Gasteiger partial charge in [-0.3, -0.25) is 4.79 Å². The third kappa shape index (κ3) is 4.65. The van der Waals surface area contributed by atoms with Gasteiger partial charge in [0.1, 0.15) is 0 Å². The molecule has 0 aromatic heterocycles. The topological polar surface area (TPSA) is 38.8 Å². The van der Waals surface area contributed by atoms with Crippen molar-refractivity contribution >= 4 is 28.9 Å². The number of carbonyl (C=O) groups is 1. The maximum atomic E-state index is 12.4. The summed E-state index contributed by atoms with van der Waals surface area (Å²) in [6, 6.07) is 6.08. The quantitative estimate of drug-likeness (QED) is 0.852. The molecule has 1 aromatic rings. The fourth-order valence-electron chi connectivity index (χ4n) is 2.53. The highest BCUT2D eigenvalue weighted by atomic mass is 32.1. The van der Waals surface area contributed by atoms with Crippen LogP contribution in [0.4, 0.5) is 5.69 Å². The first-order chi connectivity index (χ1) is 10.9. The Labute approximate surface area is 144 Å². The lowest BCUT2D eigenvalue weighted by Crippen LogP contribution is -2.50. The molecule has 1 aromatic carbocycles. The van der Waals surface area contributed by atoms with Crippen molar-refractivity contribution in [2.24, 2.45) is 0 Å². The molecule has 1 aliphatic rings. The van der Waals surface area contributed by atoms with Gasteiger partial charge in [-0.2, -0.15) is 0 Å². The average molecular weight is 334 g/mol. The van der Waals surface area contributed by atoms with Crippen molar-refractivity contribution < 1.29 is 4.79 Å². The van der Waals surface area contributed by atoms with Crippen LogP contribution in [-0.4, -0.2) is 72.5 Å². The molecule has 0 saturated carbocycles. The van der Waals surface area contributed by atoms with Crippen LogP contribution in [-0.2, 0) is 4.79 Å². The van der Waals surface area contributed by atoms with E-state index in [9.17, 15) is 4.79 Å². The molecule has 0 aliphatic carbocycles. The number of carbonyl (C=O) groups excluding carboxylic acids is 1. The SMILES string of the molecule is Cc1cccc(NC(=S)N(C)CC(=O)N2CCN(C)CC2)c1C. The first kappa shape index (κ1) is 17.7. The second-order valence-corrected chi connectivity index (χ2v) is 6.60. The Morgan fingerprint density at radius 2 is 1.91 bits per heavy atom. The highest BCUT2D eigenvalue weighted by Crippen LogP contribution is 2.18. The van der Waals surface area contributed by atoms with E-state index in [1.165, 1.54) is 11.1 Å². The van der Waals surface area contributed by atoms with Crippen molar-refractivity contribution in [2.75, 3.05) is 52.1 Å². The number of hydrogen-bond acceptors (Lipinski definition) is 3. The fraction of sp³-hybridized carbons (Fsp3) is 0.529. The van der Waals surface area contributed by atoms with Gasteiger partial charge >= 0.3 is 0 Å². The molecule has 0 unspecified atom stereocenters. The summed E-state index contributed by atoms with van der Waals surface area (Å²) < 4.78 is 0. The van der Waals surface area contributed by atoms with Crippen LogP contribution in [0.1, 0.15) is 11.1 Å². The molecule has 0 bridgehead atoms. The molecule has 23 heavy (non-hydrogen) atoms. The molecular weight excluding hydrogens is 308 g/mol. The standard InChI is InChI=1S/C17H26N4OS/c1-13-6-5-7-15(14(13)2)18-17(23)20(4)12-16(22)21-10-8-19(3)9-11-21/h5-7H,8-12H2,1-4H3,(H,18,23). The average Bonchev–Trinajstić information content (AvgIpc) is 2.52. The van der Waals surface area contributed by atoms with Gasteiger partial charge in [-0.05, 0) is 50.3 Å². The number of nitrogens with zero attached hydrogens (tertiary/aromatic N) is 3. The molecule has 1 fully saturated rings. The van der Waals surface area contributed by atoms with Crippen molar-refractivity contribution in [1.82, 2.24) is 14.7 Å². The van der Waals surface area contributed by atoms with E-state index in [0.29, 0.717) is 11.7 Å². The number of benzene rings is 1. The summed E-state index contributed by atoms with van der Waals surface area (Å²) in [6.45, 7) is 7.89. The minimum Gasteiger partial charge on any atom is -0.343 e. The second-order valence-electron chi connectivity index (χ2n) is 6.22. The van der Waals surface area contributed by atoms with E-state index in [1.54, 1.807) is 4.90 Å². The lowest BCUT2D eigenvalue weighted by Gasteiger charge is -2.33. The molecule has 126 valence electrons. The van der Waals surface area contributed by atoms with Crippen LogP contribution >= 0.6 is 12.2 Å². The van der Waals surface area contributed by atoms with E-state index in [0.717, 1.165) is 31.9 Å². The number of amides is 1. The molecule has 1 aliphatic heterocycles. The summed E-state index contributed by atoms with van der Waals surface area (Å²) in [7, 11) is 3.94. The lowest BCUT2D eigenvalue weighted by atomic mass is 10.1. The molecule has 1 saturated heterocycles. The summed E-state index contributed by atoms with van der Waals surface area (Å²) in [4.78, 5) is 18.3. The third-order valence-corrected chi connectivity index (χ3v) is 4.84. The summed E-state index contributed by atoms with van der Waals surface area (Å²) in [5.41, 5.74) is 3.39. The van der Waals surface area contributed by atoms with Crippen LogP contribution in [0.2, 0.25) is 0 Å². The van der Waals surface area contributed by atoms with Gasteiger partial charge in [0.05, 0.1) is 6.54 Å². The van der Waals surface area contributed by atoms with Gasteiger partial charge in [0.2, 0.25) is 5.91 Å². The maximum Gasteiger partial charge on any atom is 0.242 e. The Kier molecular flexibility index (Phi) is 5.96. The van der Waals surface area contributed by atoms with Gasteiger partial charge in [0.15, 0.2) is 5.11 Å². The first-order valence-electron chi connectivity index (χ1n) is 7.93. The van der Waals surface area contributed by atoms with Gasteiger partial charge in [-0.1, -0.05) is 12.1 Å². The summed E-state index contributed by atoms with van der Waals surface area (Å²) in [6.07, 6.45) is 0. The molecule has 5 nitrogen and oxygen atoms in total. The van der Waals surface area contributed by atoms with Gasteiger partial charge in [-0.25, -0.2) is 0 Å². The number of piperazine rings is 1. The fourth-order valence-corrected chi connectivity index (χ4v) is 2.70. The zero-order valence-electron chi connectivity index (χ0n) is 14.4. The van der Waals surface area contributed by atoms with Gasteiger partial charge in [0, 0.05) is 38.9 Å². The zero-order valence-corrected chi connectivity index (χ0v) is 15.2. The Morgan fingerprint density at radius 3 is 2.57 bits per heavy atom. The summed E-state index contributed by atoms with van der Waals surface area (Å²) in [5.74, 6) is 0.130. The Hall–Kier alpha value is -1.66. The predicted octanol–water partition coefficient (Wildman–Crippen LogP) is 1.71. The summed E-state index contributed by atoms with van der Waals surface area (Å²) in [5, 5.41) is 3.82. The number of rotatable bonds is 3. The molecule has 0 atom stereocenters. The largest absolute Gasteiger partial charge is 0.343 e. The van der Waals surface area contributed by atoms with Crippen molar-refractivity contribution in [3.8, 4) is 0 Å². The minimum atomic E-state index is 0.130. The predicted molar refractivity (Wildman–Crippen MR) is 98.8 cm³/mol. The van der Waals surface area contributed by atoms with Crippen molar-refractivity contribution in [3.63, 3.8) is 0 Å². The van der Waals surface area contributed by atoms with Crippen LogP contribution in [0, 0.1) is 13.8 Å². The maximum absolute atomic E-state index is 12.4. The lowest BCUT2D eigenvalue weighted by molar-refractivity contribution is -0.132. The molecule has 1 heterocycles. The number of likely N-dealkylation sites (N-methyl/N-ethyl adjacent to an activating group) is 2. The van der Waals surface area contributed by atoms with E-state index in [2.05, 4.69) is 37.2 Å². The number of anilines is 1. The monoisotopic (exact) mass is 334 g/mol. The van der Waals surface area contributed by atoms with Crippen LogP contribution < -0.4 is 5.32 Å². The molecule has 1 amide bonds. The number of thiocarbonyl (C=S) groups is 1. The smallest absolute Gasteiger partial charge is 0.242 e. The first-order valence-corrected chi connectivity index (χ1v) is 8.34. The number of hydrogen-bond donors (Lipinski definition) is 1. The molecule has 0 spiro atoms. The van der Waals surface area contributed by atoms with Crippen molar-refractivity contribution in [2.45, 2.75) is 13.8 Å². The minimum absolute atomic E-state index is 0.130. The molecular formula is C17H26N4OS. The molecule has 0 radical (unpaired) electrons. The van der Waals surface area contributed by atoms with Gasteiger partial charge in [-0.15, -0.1) is 0 Å². The van der Waals surface area contributed by atoms with E-state index in [1.807, 2.05) is 24.1 Å². The number of nitrogens with one attached hydrogen (secondary N) is 1. The van der Waals surface area contributed by atoms with Crippen LogP contribution in [0.15, 0.2) is 18.2 Å². The molecule has 2 rings (SSSR count). The Morgan fingerprint density at radius 1 is 1.26 bits per heavy atom. The van der Waals surface area contributed by atoms with Crippen molar-refractivity contribution in [1.29, 1.82) is 0 Å². The highest BCUT2D eigenvalue weighted by Gasteiger charge is 2.20. The number of aryl methyl sites for hydroxylation is 1. The third-order valence-electron chi connectivity index (χ3n) is 4.42. The second kappa shape index (κ2) is 7.75. The van der Waals surface area contributed by atoms with Gasteiger partial charge < -0.3 is 20.0 Å². The van der Waals surface area contributed by atoms with E-state index < -0.39 is 0 Å². The molecule has 1 N–H and O–H groups in total. The van der Waals surface area contributed by atoms with E-state index in [-0.39, 0.29) is 5.91 Å². The normalized spacial score (nSPS) is 15.4. The summed E-state index contributed by atoms with van der Waals surface area (Å²) >= 11 is 5.44. The highest BCUT2D eigenvalue weighted by molar-refractivity contribution is 7.80. The van der Waals surface area contributed by atoms with E-state index >= 15 is 0 Å². The Bertz CT molecular complexity index is 582. The van der Waals surface area contributed by atoms with Crippen molar-refractivity contribution in [3.05, 3.63) is 29.3 Å². The molecule has 6 heteroatoms. The van der Waals surface area contributed by atoms with Crippen LogP contribution in [0.5, 0.6) is 0 Å². The Balaban J connectivity index is 1.89. The van der Waals surface area contributed by atoms with Crippen LogP contribution in [0.25, 0.3) is 0 Å². The van der Waals surface area contributed by atoms with Crippen LogP contribution in [0.3, 0.4) is 0 Å². The van der Waals surface area contributed by atoms with Gasteiger partial charge in [0.25, 0.3) is 0 Å². The van der Waals surface area contributed by atoms with E-state index in [4.69, 9.17) is 12.2 Å².